The van der Waals surface area contributed by atoms with Crippen LogP contribution in [0.2, 0.25) is 0 Å². The summed E-state index contributed by atoms with van der Waals surface area (Å²) in [5.41, 5.74) is 5.94. The Bertz CT molecular complexity index is 636. The van der Waals surface area contributed by atoms with Crippen molar-refractivity contribution in [3.05, 3.63) is 59.7 Å². The van der Waals surface area contributed by atoms with Crippen molar-refractivity contribution in [2.45, 2.75) is 6.61 Å². The predicted octanol–water partition coefficient (Wildman–Crippen LogP) is 2.86. The molecule has 22 heavy (non-hydrogen) atoms. The van der Waals surface area contributed by atoms with Crippen LogP contribution >= 0.6 is 12.4 Å². The molecule has 0 fully saturated rings. The number of rotatable bonds is 5. The average molecular weight is 329 g/mol. The molecule has 0 aromatic heterocycles. The molecule has 0 bridgehead atoms. The fourth-order valence-electron chi connectivity index (χ4n) is 1.64. The van der Waals surface area contributed by atoms with Crippen molar-refractivity contribution >= 4 is 24.0 Å². The molecule has 0 atom stereocenters. The first-order chi connectivity index (χ1) is 10.1. The summed E-state index contributed by atoms with van der Waals surface area (Å²) in [6.07, 6.45) is 0. The minimum absolute atomic E-state index is 0. The Morgan fingerprint density at radius 1 is 1.14 bits per heavy atom. The lowest BCUT2D eigenvalue weighted by Gasteiger charge is -2.09. The van der Waals surface area contributed by atoms with Crippen LogP contribution < -0.4 is 15.8 Å². The largest absolute Gasteiger partial charge is 0.489 e. The van der Waals surface area contributed by atoms with Crippen LogP contribution in [0.4, 0.5) is 14.5 Å². The minimum Gasteiger partial charge on any atom is -0.489 e. The van der Waals surface area contributed by atoms with E-state index >= 15 is 0 Å². The molecule has 3 N–H and O–H groups in total. The molecule has 2 aromatic carbocycles. The topological polar surface area (TPSA) is 64.4 Å². The van der Waals surface area contributed by atoms with Crippen molar-refractivity contribution < 1.29 is 18.3 Å². The van der Waals surface area contributed by atoms with E-state index in [-0.39, 0.29) is 37.1 Å². The maximum absolute atomic E-state index is 13.7. The zero-order valence-electron chi connectivity index (χ0n) is 11.5. The van der Waals surface area contributed by atoms with Gasteiger partial charge >= 0.3 is 0 Å². The van der Waals surface area contributed by atoms with Crippen LogP contribution in [0.25, 0.3) is 0 Å². The van der Waals surface area contributed by atoms with Gasteiger partial charge in [-0.1, -0.05) is 12.1 Å². The molecule has 7 heteroatoms. The minimum atomic E-state index is -0.617. The molecule has 1 amide bonds. The van der Waals surface area contributed by atoms with E-state index in [1.165, 1.54) is 24.3 Å². The number of amides is 1. The lowest BCUT2D eigenvalue weighted by atomic mass is 10.2. The van der Waals surface area contributed by atoms with Crippen LogP contribution in [0, 0.1) is 11.6 Å². The maximum atomic E-state index is 13.7. The highest BCUT2D eigenvalue weighted by Crippen LogP contribution is 2.21. The normalized spacial score (nSPS) is 9.77. The Morgan fingerprint density at radius 3 is 2.41 bits per heavy atom. The van der Waals surface area contributed by atoms with Gasteiger partial charge in [0.1, 0.15) is 24.0 Å². The summed E-state index contributed by atoms with van der Waals surface area (Å²) in [6, 6.07) is 9.90. The number of halogens is 3. The Labute approximate surface area is 132 Å². The van der Waals surface area contributed by atoms with E-state index in [1.54, 1.807) is 12.1 Å². The summed E-state index contributed by atoms with van der Waals surface area (Å²) in [5, 5.41) is 2.33. The van der Waals surface area contributed by atoms with Crippen molar-refractivity contribution in [2.75, 3.05) is 11.9 Å². The third-order valence-corrected chi connectivity index (χ3v) is 2.72. The number of hydrogen-bond donors (Lipinski definition) is 2. The highest BCUT2D eigenvalue weighted by atomic mass is 35.5. The van der Waals surface area contributed by atoms with E-state index in [1.807, 2.05) is 0 Å². The van der Waals surface area contributed by atoms with Crippen LogP contribution in [-0.2, 0) is 11.4 Å². The Morgan fingerprint density at radius 2 is 1.82 bits per heavy atom. The molecule has 0 heterocycles. The molecule has 0 radical (unpaired) electrons. The lowest BCUT2D eigenvalue weighted by Crippen LogP contribution is -2.22. The molecule has 0 unspecified atom stereocenters. The van der Waals surface area contributed by atoms with Gasteiger partial charge in [0, 0.05) is 6.07 Å². The highest BCUT2D eigenvalue weighted by Gasteiger charge is 2.07. The van der Waals surface area contributed by atoms with Crippen LogP contribution in [-0.4, -0.2) is 12.5 Å². The molecule has 0 aliphatic heterocycles. The first-order valence-corrected chi connectivity index (χ1v) is 6.25. The van der Waals surface area contributed by atoms with Gasteiger partial charge in [-0.25, -0.2) is 8.78 Å². The van der Waals surface area contributed by atoms with Gasteiger partial charge in [0.2, 0.25) is 5.91 Å². The van der Waals surface area contributed by atoms with Gasteiger partial charge in [-0.05, 0) is 29.8 Å². The summed E-state index contributed by atoms with van der Waals surface area (Å²) in [7, 11) is 0. The van der Waals surface area contributed by atoms with E-state index in [9.17, 15) is 13.6 Å². The standard InChI is InChI=1S/C15H14F2N2O2.ClH/c16-11-3-1-10(2-4-11)9-21-12-5-6-14(13(17)7-12)19-15(20)8-18;/h1-7H,8-9,18H2,(H,19,20);1H. The van der Waals surface area contributed by atoms with E-state index in [2.05, 4.69) is 5.32 Å². The number of carbonyl (C=O) groups excluding carboxylic acids is 1. The van der Waals surface area contributed by atoms with Gasteiger partial charge in [-0.2, -0.15) is 0 Å². The number of ether oxygens (including phenoxy) is 1. The lowest BCUT2D eigenvalue weighted by molar-refractivity contribution is -0.114. The molecular weight excluding hydrogens is 314 g/mol. The number of anilines is 1. The smallest absolute Gasteiger partial charge is 0.238 e. The van der Waals surface area contributed by atoms with Gasteiger partial charge in [-0.3, -0.25) is 4.79 Å². The zero-order chi connectivity index (χ0) is 15.2. The quantitative estimate of drug-likeness (QED) is 0.887. The summed E-state index contributed by atoms with van der Waals surface area (Å²) >= 11 is 0. The molecule has 4 nitrogen and oxygen atoms in total. The predicted molar refractivity (Wildman–Crippen MR) is 82.1 cm³/mol. The first kappa shape index (κ1) is 17.9. The molecule has 118 valence electrons. The van der Waals surface area contributed by atoms with Crippen LogP contribution in [0.15, 0.2) is 42.5 Å². The first-order valence-electron chi connectivity index (χ1n) is 6.25. The molecular formula is C15H15ClF2N2O2. The Kier molecular flexibility index (Phi) is 6.75. The van der Waals surface area contributed by atoms with Crippen LogP contribution in [0.3, 0.4) is 0 Å². The second-order valence-corrected chi connectivity index (χ2v) is 4.31. The summed E-state index contributed by atoms with van der Waals surface area (Å²) in [4.78, 5) is 11.1. The Balaban J connectivity index is 0.00000242. The van der Waals surface area contributed by atoms with Gasteiger partial charge in [-0.15, -0.1) is 12.4 Å². The average Bonchev–Trinajstić information content (AvgIpc) is 2.49. The van der Waals surface area contributed by atoms with Crippen molar-refractivity contribution in [1.82, 2.24) is 0 Å². The van der Waals surface area contributed by atoms with Gasteiger partial charge in [0.05, 0.1) is 12.2 Å². The molecule has 0 saturated heterocycles. The maximum Gasteiger partial charge on any atom is 0.238 e. The number of nitrogens with two attached hydrogens (primary N) is 1. The summed E-state index contributed by atoms with van der Waals surface area (Å²) in [6.45, 7) is -0.0313. The van der Waals surface area contributed by atoms with Gasteiger partial charge in [0.15, 0.2) is 0 Å². The van der Waals surface area contributed by atoms with Crippen LogP contribution in [0.5, 0.6) is 5.75 Å². The molecule has 2 aromatic rings. The van der Waals surface area contributed by atoms with Crippen LogP contribution in [0.1, 0.15) is 5.56 Å². The fraction of sp³-hybridized carbons (Fsp3) is 0.133. The molecule has 2 rings (SSSR count). The van der Waals surface area contributed by atoms with Crippen molar-refractivity contribution in [3.63, 3.8) is 0 Å². The van der Waals surface area contributed by atoms with E-state index in [4.69, 9.17) is 10.5 Å². The van der Waals surface area contributed by atoms with Crippen molar-refractivity contribution in [1.29, 1.82) is 0 Å². The second kappa shape index (κ2) is 8.31. The molecule has 0 aliphatic rings. The number of nitrogens with one attached hydrogen (secondary N) is 1. The monoisotopic (exact) mass is 328 g/mol. The fourth-order valence-corrected chi connectivity index (χ4v) is 1.64. The number of benzene rings is 2. The van der Waals surface area contributed by atoms with E-state index in [0.29, 0.717) is 5.75 Å². The molecule has 0 spiro atoms. The molecule has 0 saturated carbocycles. The van der Waals surface area contributed by atoms with E-state index < -0.39 is 11.7 Å². The highest BCUT2D eigenvalue weighted by molar-refractivity contribution is 5.92. The van der Waals surface area contributed by atoms with Crippen molar-refractivity contribution in [3.8, 4) is 5.75 Å². The third kappa shape index (κ3) is 4.98. The van der Waals surface area contributed by atoms with Gasteiger partial charge in [0.25, 0.3) is 0 Å². The van der Waals surface area contributed by atoms with E-state index in [0.717, 1.165) is 11.6 Å². The van der Waals surface area contributed by atoms with Gasteiger partial charge < -0.3 is 15.8 Å². The number of hydrogen-bond acceptors (Lipinski definition) is 3. The Hall–Kier alpha value is -2.18. The summed E-state index contributed by atoms with van der Waals surface area (Å²) in [5.74, 6) is -1.12. The third-order valence-electron chi connectivity index (χ3n) is 2.72. The van der Waals surface area contributed by atoms with Crippen molar-refractivity contribution in [2.24, 2.45) is 5.73 Å². The number of carbonyl (C=O) groups is 1. The zero-order valence-corrected chi connectivity index (χ0v) is 12.3. The SMILES string of the molecule is Cl.NCC(=O)Nc1ccc(OCc2ccc(F)cc2)cc1F. The molecule has 0 aliphatic carbocycles. The second-order valence-electron chi connectivity index (χ2n) is 4.31. The summed E-state index contributed by atoms with van der Waals surface area (Å²) < 4.78 is 31.9.